The Kier molecular flexibility index (Phi) is 5.55. The van der Waals surface area contributed by atoms with Crippen LogP contribution >= 0.6 is 11.3 Å². The van der Waals surface area contributed by atoms with E-state index < -0.39 is 0 Å². The number of piperidine rings is 1. The molecule has 0 spiro atoms. The van der Waals surface area contributed by atoms with Crippen LogP contribution in [0.1, 0.15) is 32.4 Å². The largest absolute Gasteiger partial charge is 0.329 e. The first-order chi connectivity index (χ1) is 9.55. The first kappa shape index (κ1) is 15.9. The van der Waals surface area contributed by atoms with Gasteiger partial charge in [-0.2, -0.15) is 0 Å². The smallest absolute Gasteiger partial charge is 0.0795 e. The molecule has 1 saturated heterocycles. The molecule has 1 aliphatic rings. The van der Waals surface area contributed by atoms with Crippen LogP contribution < -0.4 is 5.73 Å². The number of hydrogen-bond donors (Lipinski definition) is 1. The number of nitrogens with two attached hydrogens (primary N) is 1. The molecule has 0 aromatic carbocycles. The highest BCUT2D eigenvalue weighted by Gasteiger charge is 2.37. The van der Waals surface area contributed by atoms with Gasteiger partial charge in [-0.05, 0) is 38.9 Å². The van der Waals surface area contributed by atoms with Gasteiger partial charge in [0.15, 0.2) is 0 Å². The summed E-state index contributed by atoms with van der Waals surface area (Å²) in [4.78, 5) is 9.40. The Labute approximate surface area is 127 Å². The average molecular weight is 296 g/mol. The Morgan fingerprint density at radius 1 is 1.45 bits per heavy atom. The van der Waals surface area contributed by atoms with Gasteiger partial charge in [0.1, 0.15) is 0 Å². The van der Waals surface area contributed by atoms with Crippen molar-refractivity contribution in [2.24, 2.45) is 11.7 Å². The zero-order valence-corrected chi connectivity index (χ0v) is 13.8. The van der Waals surface area contributed by atoms with E-state index in [9.17, 15) is 0 Å². The Balaban J connectivity index is 1.93. The van der Waals surface area contributed by atoms with E-state index in [-0.39, 0.29) is 5.54 Å². The minimum absolute atomic E-state index is 0.150. The van der Waals surface area contributed by atoms with Gasteiger partial charge in [-0.15, -0.1) is 11.3 Å². The summed E-state index contributed by atoms with van der Waals surface area (Å²) < 4.78 is 0. The summed E-state index contributed by atoms with van der Waals surface area (Å²) in [5.41, 5.74) is 9.35. The van der Waals surface area contributed by atoms with Gasteiger partial charge in [0.25, 0.3) is 0 Å². The van der Waals surface area contributed by atoms with Crippen molar-refractivity contribution in [3.63, 3.8) is 0 Å². The van der Waals surface area contributed by atoms with E-state index in [1.54, 1.807) is 11.3 Å². The number of likely N-dealkylation sites (tertiary alicyclic amines) is 1. The predicted octanol–water partition coefficient (Wildman–Crippen LogP) is 2.02. The molecule has 0 radical (unpaired) electrons. The van der Waals surface area contributed by atoms with Crippen LogP contribution in [-0.2, 0) is 6.54 Å². The number of hydrogen-bond acceptors (Lipinski definition) is 5. The van der Waals surface area contributed by atoms with E-state index in [1.165, 1.54) is 6.54 Å². The van der Waals surface area contributed by atoms with E-state index in [4.69, 9.17) is 5.73 Å². The second-order valence-corrected chi connectivity index (χ2v) is 7.18. The van der Waals surface area contributed by atoms with Crippen molar-refractivity contribution in [1.82, 2.24) is 14.8 Å². The molecule has 114 valence electrons. The summed E-state index contributed by atoms with van der Waals surface area (Å²) in [5.74, 6) is 0.744. The van der Waals surface area contributed by atoms with Gasteiger partial charge in [-0.3, -0.25) is 4.90 Å². The number of nitrogens with zero attached hydrogens (tertiary/aromatic N) is 3. The van der Waals surface area contributed by atoms with E-state index in [1.807, 2.05) is 5.51 Å². The minimum Gasteiger partial charge on any atom is -0.329 e. The molecule has 4 nitrogen and oxygen atoms in total. The Morgan fingerprint density at radius 2 is 2.15 bits per heavy atom. The van der Waals surface area contributed by atoms with Crippen LogP contribution in [0.2, 0.25) is 0 Å². The summed E-state index contributed by atoms with van der Waals surface area (Å²) in [7, 11) is 2.20. The van der Waals surface area contributed by atoms with Gasteiger partial charge in [0.05, 0.1) is 11.2 Å². The van der Waals surface area contributed by atoms with Crippen LogP contribution in [-0.4, -0.2) is 53.5 Å². The van der Waals surface area contributed by atoms with Gasteiger partial charge >= 0.3 is 0 Å². The minimum atomic E-state index is 0.150. The molecule has 2 heterocycles. The monoisotopic (exact) mass is 296 g/mol. The Morgan fingerprint density at radius 3 is 2.65 bits per heavy atom. The number of likely N-dealkylation sites (N-methyl/N-ethyl adjacent to an activating group) is 1. The maximum Gasteiger partial charge on any atom is 0.0795 e. The third kappa shape index (κ3) is 3.79. The fourth-order valence-corrected chi connectivity index (χ4v) is 3.69. The maximum atomic E-state index is 6.14. The van der Waals surface area contributed by atoms with E-state index >= 15 is 0 Å². The average Bonchev–Trinajstić information content (AvgIpc) is 2.92. The number of rotatable bonds is 6. The van der Waals surface area contributed by atoms with Crippen LogP contribution in [0.3, 0.4) is 0 Å². The van der Waals surface area contributed by atoms with Gasteiger partial charge in [-0.25, -0.2) is 4.98 Å². The summed E-state index contributed by atoms with van der Waals surface area (Å²) in [5, 5.41) is 2.13. The molecule has 2 rings (SSSR count). The van der Waals surface area contributed by atoms with Crippen molar-refractivity contribution in [1.29, 1.82) is 0 Å². The number of aromatic nitrogens is 1. The lowest BCUT2D eigenvalue weighted by Gasteiger charge is -2.47. The molecule has 5 heteroatoms. The molecular weight excluding hydrogens is 268 g/mol. The molecular formula is C15H28N4S. The molecule has 1 aromatic rings. The zero-order valence-electron chi connectivity index (χ0n) is 13.0. The SMILES string of the molecule is CC(C)CN1CCC(CN)(N(C)Cc2cscn2)CC1. The third-order valence-corrected chi connectivity index (χ3v) is 5.12. The van der Waals surface area contributed by atoms with Gasteiger partial charge < -0.3 is 10.6 Å². The topological polar surface area (TPSA) is 45.4 Å². The molecule has 1 aromatic heterocycles. The first-order valence-corrected chi connectivity index (χ1v) is 8.51. The summed E-state index contributed by atoms with van der Waals surface area (Å²) in [6.45, 7) is 9.76. The number of thiazole rings is 1. The van der Waals surface area contributed by atoms with E-state index in [0.717, 1.165) is 50.6 Å². The Hall–Kier alpha value is -0.490. The Bertz CT molecular complexity index is 383. The highest BCUT2D eigenvalue weighted by Crippen LogP contribution is 2.28. The lowest BCUT2D eigenvalue weighted by atomic mass is 9.85. The van der Waals surface area contributed by atoms with Crippen molar-refractivity contribution in [2.75, 3.05) is 33.2 Å². The molecule has 0 aliphatic carbocycles. The fraction of sp³-hybridized carbons (Fsp3) is 0.800. The highest BCUT2D eigenvalue weighted by atomic mass is 32.1. The second kappa shape index (κ2) is 6.98. The molecule has 1 fully saturated rings. The standard InChI is InChI=1S/C15H28N4S/c1-13(2)8-19-6-4-15(11-16,5-7-19)18(3)9-14-10-20-12-17-14/h10,12-13H,4-9,11,16H2,1-3H3. The summed E-state index contributed by atoms with van der Waals surface area (Å²) in [6.07, 6.45) is 2.33. The maximum absolute atomic E-state index is 6.14. The van der Waals surface area contributed by atoms with Crippen molar-refractivity contribution in [2.45, 2.75) is 38.8 Å². The van der Waals surface area contributed by atoms with E-state index in [0.29, 0.717) is 0 Å². The molecule has 2 N–H and O–H groups in total. The van der Waals surface area contributed by atoms with Crippen LogP contribution in [0.5, 0.6) is 0 Å². The quantitative estimate of drug-likeness (QED) is 0.872. The zero-order chi connectivity index (χ0) is 14.6. The predicted molar refractivity (Wildman–Crippen MR) is 85.9 cm³/mol. The molecule has 1 aliphatic heterocycles. The molecule has 0 amide bonds. The fourth-order valence-electron chi connectivity index (χ4n) is 3.14. The van der Waals surface area contributed by atoms with Crippen molar-refractivity contribution in [3.05, 3.63) is 16.6 Å². The van der Waals surface area contributed by atoms with E-state index in [2.05, 4.69) is 41.1 Å². The normalized spacial score (nSPS) is 19.9. The summed E-state index contributed by atoms with van der Waals surface area (Å²) in [6, 6.07) is 0. The van der Waals surface area contributed by atoms with Crippen LogP contribution in [0.25, 0.3) is 0 Å². The van der Waals surface area contributed by atoms with Crippen molar-refractivity contribution < 1.29 is 0 Å². The molecule has 0 bridgehead atoms. The van der Waals surface area contributed by atoms with Crippen LogP contribution in [0.15, 0.2) is 10.9 Å². The third-order valence-electron chi connectivity index (χ3n) is 4.48. The highest BCUT2D eigenvalue weighted by molar-refractivity contribution is 7.07. The molecule has 0 saturated carbocycles. The van der Waals surface area contributed by atoms with Crippen molar-refractivity contribution >= 4 is 11.3 Å². The molecule has 20 heavy (non-hydrogen) atoms. The first-order valence-electron chi connectivity index (χ1n) is 7.56. The van der Waals surface area contributed by atoms with Crippen molar-refractivity contribution in [3.8, 4) is 0 Å². The van der Waals surface area contributed by atoms with Gasteiger partial charge in [-0.1, -0.05) is 13.8 Å². The molecule has 0 unspecified atom stereocenters. The lowest BCUT2D eigenvalue weighted by Crippen LogP contribution is -2.58. The second-order valence-electron chi connectivity index (χ2n) is 6.46. The van der Waals surface area contributed by atoms with Gasteiger partial charge in [0, 0.05) is 30.6 Å². The lowest BCUT2D eigenvalue weighted by molar-refractivity contribution is 0.0358. The van der Waals surface area contributed by atoms with Crippen LogP contribution in [0, 0.1) is 5.92 Å². The molecule has 0 atom stereocenters. The van der Waals surface area contributed by atoms with Crippen LogP contribution in [0.4, 0.5) is 0 Å². The van der Waals surface area contributed by atoms with Gasteiger partial charge in [0.2, 0.25) is 0 Å². The summed E-state index contributed by atoms with van der Waals surface area (Å²) >= 11 is 1.66.